The van der Waals surface area contributed by atoms with E-state index in [1.54, 1.807) is 5.51 Å². The van der Waals surface area contributed by atoms with Gasteiger partial charge in [0.1, 0.15) is 10.5 Å². The Morgan fingerprint density at radius 3 is 2.92 bits per heavy atom. The van der Waals surface area contributed by atoms with E-state index in [1.807, 2.05) is 0 Å². The Bertz CT molecular complexity index is 392. The number of halogens is 1. The van der Waals surface area contributed by atoms with Crippen LogP contribution in [0.4, 0.5) is 0 Å². The summed E-state index contributed by atoms with van der Waals surface area (Å²) in [5.74, 6) is 0. The van der Waals surface area contributed by atoms with Gasteiger partial charge in [-0.25, -0.2) is 4.98 Å². The standard InChI is InChI=1S/C5H2ClN5S2/c6-4-9-3(1-7-10-4)13-5-11-8-2-12-5/h1-2H. The second-order valence-corrected chi connectivity index (χ2v) is 4.31. The number of hydrogen-bond acceptors (Lipinski definition) is 7. The molecule has 2 heterocycles. The summed E-state index contributed by atoms with van der Waals surface area (Å²) in [5.41, 5.74) is 1.65. The maximum atomic E-state index is 5.55. The first-order valence-corrected chi connectivity index (χ1v) is 5.21. The van der Waals surface area contributed by atoms with Gasteiger partial charge in [-0.3, -0.25) is 0 Å². The van der Waals surface area contributed by atoms with Crippen molar-refractivity contribution in [1.29, 1.82) is 0 Å². The van der Waals surface area contributed by atoms with E-state index in [0.717, 1.165) is 4.34 Å². The molecule has 0 atom stereocenters. The molecule has 5 nitrogen and oxygen atoms in total. The van der Waals surface area contributed by atoms with Gasteiger partial charge in [-0.1, -0.05) is 11.3 Å². The topological polar surface area (TPSA) is 64.5 Å². The Balaban J connectivity index is 2.19. The molecule has 0 aromatic carbocycles. The highest BCUT2D eigenvalue weighted by molar-refractivity contribution is 8.00. The van der Waals surface area contributed by atoms with Crippen LogP contribution in [0, 0.1) is 0 Å². The maximum absolute atomic E-state index is 5.55. The molecule has 0 bridgehead atoms. The van der Waals surface area contributed by atoms with Gasteiger partial charge in [0.05, 0.1) is 6.20 Å². The van der Waals surface area contributed by atoms with E-state index in [4.69, 9.17) is 11.6 Å². The van der Waals surface area contributed by atoms with Gasteiger partial charge in [-0.15, -0.1) is 15.3 Å². The third-order valence-electron chi connectivity index (χ3n) is 1.04. The fraction of sp³-hybridized carbons (Fsp3) is 0. The van der Waals surface area contributed by atoms with Gasteiger partial charge in [-0.05, 0) is 23.4 Å². The Labute approximate surface area is 86.6 Å². The van der Waals surface area contributed by atoms with E-state index in [-0.39, 0.29) is 5.28 Å². The number of aromatic nitrogens is 5. The van der Waals surface area contributed by atoms with E-state index in [0.29, 0.717) is 5.03 Å². The van der Waals surface area contributed by atoms with Crippen LogP contribution in [0.3, 0.4) is 0 Å². The summed E-state index contributed by atoms with van der Waals surface area (Å²) in [6, 6.07) is 0. The van der Waals surface area contributed by atoms with E-state index >= 15 is 0 Å². The summed E-state index contributed by atoms with van der Waals surface area (Å²) in [5, 5.41) is 15.5. The molecule has 0 fully saturated rings. The lowest BCUT2D eigenvalue weighted by Crippen LogP contribution is -1.87. The molecule has 2 aromatic rings. The molecule has 0 radical (unpaired) electrons. The van der Waals surface area contributed by atoms with Crippen molar-refractivity contribution >= 4 is 34.7 Å². The molecule has 66 valence electrons. The van der Waals surface area contributed by atoms with Crippen LogP contribution in [0.5, 0.6) is 0 Å². The van der Waals surface area contributed by atoms with Gasteiger partial charge in [0, 0.05) is 0 Å². The molecule has 2 aromatic heterocycles. The Morgan fingerprint density at radius 1 is 1.31 bits per heavy atom. The molecule has 0 aliphatic rings. The predicted molar refractivity (Wildman–Crippen MR) is 48.9 cm³/mol. The van der Waals surface area contributed by atoms with Gasteiger partial charge >= 0.3 is 0 Å². The lowest BCUT2D eigenvalue weighted by molar-refractivity contribution is 0.901. The van der Waals surface area contributed by atoms with Crippen molar-refractivity contribution in [2.75, 3.05) is 0 Å². The Morgan fingerprint density at radius 2 is 2.23 bits per heavy atom. The van der Waals surface area contributed by atoms with Crippen LogP contribution < -0.4 is 0 Å². The van der Waals surface area contributed by atoms with Crippen LogP contribution in [-0.2, 0) is 0 Å². The van der Waals surface area contributed by atoms with E-state index in [9.17, 15) is 0 Å². The third-order valence-corrected chi connectivity index (χ3v) is 2.89. The molecule has 0 aliphatic heterocycles. The van der Waals surface area contributed by atoms with Crippen molar-refractivity contribution in [2.24, 2.45) is 0 Å². The minimum absolute atomic E-state index is 0.134. The fourth-order valence-corrected chi connectivity index (χ4v) is 2.15. The number of nitrogens with zero attached hydrogens (tertiary/aromatic N) is 5. The van der Waals surface area contributed by atoms with Gasteiger partial charge in [0.15, 0.2) is 4.34 Å². The van der Waals surface area contributed by atoms with Crippen molar-refractivity contribution in [2.45, 2.75) is 9.37 Å². The van der Waals surface area contributed by atoms with E-state index in [1.165, 1.54) is 29.3 Å². The molecule has 0 saturated heterocycles. The van der Waals surface area contributed by atoms with Gasteiger partial charge < -0.3 is 0 Å². The quantitative estimate of drug-likeness (QED) is 0.781. The average molecular weight is 232 g/mol. The molecule has 0 saturated carbocycles. The van der Waals surface area contributed by atoms with E-state index < -0.39 is 0 Å². The zero-order chi connectivity index (χ0) is 9.10. The summed E-state index contributed by atoms with van der Waals surface area (Å²) in [4.78, 5) is 3.94. The molecule has 0 N–H and O–H groups in total. The first kappa shape index (κ1) is 8.79. The van der Waals surface area contributed by atoms with Crippen molar-refractivity contribution in [3.63, 3.8) is 0 Å². The molecule has 8 heteroatoms. The zero-order valence-corrected chi connectivity index (χ0v) is 8.47. The third kappa shape index (κ3) is 2.33. The average Bonchev–Trinajstić information content (AvgIpc) is 2.57. The second-order valence-electron chi connectivity index (χ2n) is 1.87. The van der Waals surface area contributed by atoms with Crippen molar-refractivity contribution in [3.8, 4) is 0 Å². The van der Waals surface area contributed by atoms with Crippen LogP contribution >= 0.6 is 34.7 Å². The first-order valence-electron chi connectivity index (χ1n) is 3.14. The lowest BCUT2D eigenvalue weighted by atomic mass is 10.9. The number of hydrogen-bond donors (Lipinski definition) is 0. The molecule has 0 aliphatic carbocycles. The van der Waals surface area contributed by atoms with Crippen LogP contribution in [0.2, 0.25) is 5.28 Å². The molecular formula is C5H2ClN5S2. The largest absolute Gasteiger partial charge is 0.244 e. The minimum Gasteiger partial charge on any atom is -0.208 e. The van der Waals surface area contributed by atoms with Crippen LogP contribution in [-0.4, -0.2) is 25.4 Å². The smallest absolute Gasteiger partial charge is 0.208 e. The summed E-state index contributed by atoms with van der Waals surface area (Å²) >= 11 is 8.34. The van der Waals surface area contributed by atoms with Crippen LogP contribution in [0.25, 0.3) is 0 Å². The summed E-state index contributed by atoms with van der Waals surface area (Å²) in [6.45, 7) is 0. The normalized spacial score (nSPS) is 10.2. The predicted octanol–water partition coefficient (Wildman–Crippen LogP) is 1.53. The van der Waals surface area contributed by atoms with Gasteiger partial charge in [-0.2, -0.15) is 5.10 Å². The van der Waals surface area contributed by atoms with Crippen LogP contribution in [0.1, 0.15) is 0 Å². The van der Waals surface area contributed by atoms with E-state index in [2.05, 4.69) is 25.4 Å². The molecule has 2 rings (SSSR count). The van der Waals surface area contributed by atoms with Crippen molar-refractivity contribution in [3.05, 3.63) is 17.0 Å². The summed E-state index contributed by atoms with van der Waals surface area (Å²) in [7, 11) is 0. The zero-order valence-electron chi connectivity index (χ0n) is 6.09. The molecular weight excluding hydrogens is 230 g/mol. The van der Waals surface area contributed by atoms with Gasteiger partial charge in [0.25, 0.3) is 0 Å². The molecule has 0 amide bonds. The highest BCUT2D eigenvalue weighted by Gasteiger charge is 2.03. The molecule has 0 spiro atoms. The SMILES string of the molecule is Clc1nncc(Sc2nncs2)n1. The highest BCUT2D eigenvalue weighted by atomic mass is 35.5. The van der Waals surface area contributed by atoms with Crippen molar-refractivity contribution < 1.29 is 0 Å². The lowest BCUT2D eigenvalue weighted by Gasteiger charge is -1.93. The van der Waals surface area contributed by atoms with Crippen LogP contribution in [0.15, 0.2) is 21.1 Å². The number of rotatable bonds is 2. The highest BCUT2D eigenvalue weighted by Crippen LogP contribution is 2.26. The Hall–Kier alpha value is -0.790. The van der Waals surface area contributed by atoms with Crippen molar-refractivity contribution in [1.82, 2.24) is 25.4 Å². The first-order chi connectivity index (χ1) is 6.34. The second kappa shape index (κ2) is 3.95. The monoisotopic (exact) mass is 231 g/mol. The summed E-state index contributed by atoms with van der Waals surface area (Å²) in [6.07, 6.45) is 1.53. The van der Waals surface area contributed by atoms with Gasteiger partial charge in [0.2, 0.25) is 5.28 Å². The Kier molecular flexibility index (Phi) is 2.67. The maximum Gasteiger partial charge on any atom is 0.244 e. The molecule has 13 heavy (non-hydrogen) atoms. The minimum atomic E-state index is 0.134. The fourth-order valence-electron chi connectivity index (χ4n) is 0.614. The summed E-state index contributed by atoms with van der Waals surface area (Å²) < 4.78 is 0.802. The molecule has 0 unspecified atom stereocenters.